The Morgan fingerprint density at radius 2 is 1.74 bits per heavy atom. The molecule has 0 bridgehead atoms. The molecule has 1 saturated heterocycles. The largest absolute Gasteiger partial charge is 0.337 e. The quantitative estimate of drug-likeness (QED) is 0.463. The molecule has 1 aliphatic heterocycles. The third-order valence-electron chi connectivity index (χ3n) is 6.32. The number of nitro groups is 1. The zero-order valence-electron chi connectivity index (χ0n) is 20.1. The summed E-state index contributed by atoms with van der Waals surface area (Å²) in [5.74, 6) is -0.384. The van der Waals surface area contributed by atoms with E-state index < -0.39 is 17.0 Å². The molecule has 0 spiro atoms. The molecule has 4 amide bonds. The van der Waals surface area contributed by atoms with Crippen molar-refractivity contribution in [2.45, 2.75) is 39.3 Å². The van der Waals surface area contributed by atoms with Crippen LogP contribution in [0.4, 0.5) is 16.2 Å². The van der Waals surface area contributed by atoms with E-state index in [1.165, 1.54) is 24.3 Å². The molecule has 3 atom stereocenters. The molecule has 1 heterocycles. The first-order valence-corrected chi connectivity index (χ1v) is 11.7. The van der Waals surface area contributed by atoms with Gasteiger partial charge in [-0.15, -0.1) is 0 Å². The number of carbonyl (C=O) groups excluding carboxylic acids is 3. The Hall–Kier alpha value is -3.95. The monoisotopic (exact) mass is 481 g/mol. The van der Waals surface area contributed by atoms with Gasteiger partial charge in [0.1, 0.15) is 6.04 Å². The fraction of sp³-hybridized carbons (Fsp3) is 0.400. The highest BCUT2D eigenvalue weighted by Crippen LogP contribution is 2.19. The first kappa shape index (κ1) is 25.7. The van der Waals surface area contributed by atoms with Gasteiger partial charge in [-0.1, -0.05) is 38.5 Å². The van der Waals surface area contributed by atoms with Crippen molar-refractivity contribution in [1.29, 1.82) is 0 Å². The van der Waals surface area contributed by atoms with Gasteiger partial charge in [0.05, 0.1) is 4.92 Å². The minimum absolute atomic E-state index is 0.0655. The smallest absolute Gasteiger partial charge is 0.319 e. The summed E-state index contributed by atoms with van der Waals surface area (Å²) in [6.45, 7) is 6.90. The molecule has 2 aromatic carbocycles. The number of hydrogen-bond donors (Lipinski definition) is 2. The maximum atomic E-state index is 13.4. The van der Waals surface area contributed by atoms with Crippen LogP contribution in [0.15, 0.2) is 54.6 Å². The van der Waals surface area contributed by atoms with Crippen LogP contribution in [-0.2, 0) is 4.79 Å². The van der Waals surface area contributed by atoms with E-state index >= 15 is 0 Å². The Bertz CT molecular complexity index is 1060. The van der Waals surface area contributed by atoms with E-state index in [9.17, 15) is 24.5 Å². The molecule has 10 nitrogen and oxygen atoms in total. The minimum Gasteiger partial charge on any atom is -0.337 e. The molecule has 186 valence electrons. The summed E-state index contributed by atoms with van der Waals surface area (Å²) < 4.78 is 0. The average molecular weight is 482 g/mol. The Kier molecular flexibility index (Phi) is 8.40. The number of nitrogens with one attached hydrogen (secondary N) is 2. The van der Waals surface area contributed by atoms with Crippen LogP contribution in [0.25, 0.3) is 0 Å². The number of carbonyl (C=O) groups is 3. The van der Waals surface area contributed by atoms with Gasteiger partial charge in [0.15, 0.2) is 0 Å². The molecule has 0 saturated carbocycles. The molecule has 3 rings (SSSR count). The zero-order chi connectivity index (χ0) is 25.5. The first-order chi connectivity index (χ1) is 16.7. The number of nitro benzene ring substituents is 1. The van der Waals surface area contributed by atoms with Crippen molar-refractivity contribution < 1.29 is 19.3 Å². The molecule has 2 N–H and O–H groups in total. The van der Waals surface area contributed by atoms with E-state index in [-0.39, 0.29) is 29.5 Å². The molecule has 0 radical (unpaired) electrons. The SMILES string of the molecule is CCC(C)C(NC(=O)Nc1ccc([N+](=O)[O-])cc1)C(=O)N1CCN(C(=O)c2ccccc2)C(C)C1. The highest BCUT2D eigenvalue weighted by atomic mass is 16.6. The molecule has 0 aliphatic carbocycles. The van der Waals surface area contributed by atoms with Crippen LogP contribution in [0.3, 0.4) is 0 Å². The van der Waals surface area contributed by atoms with Crippen molar-refractivity contribution in [2.24, 2.45) is 5.92 Å². The Labute approximate surface area is 204 Å². The van der Waals surface area contributed by atoms with Crippen molar-refractivity contribution in [3.8, 4) is 0 Å². The van der Waals surface area contributed by atoms with Crippen LogP contribution < -0.4 is 10.6 Å². The van der Waals surface area contributed by atoms with E-state index in [0.29, 0.717) is 37.3 Å². The number of anilines is 1. The third kappa shape index (κ3) is 6.34. The van der Waals surface area contributed by atoms with Crippen LogP contribution in [0.5, 0.6) is 0 Å². The van der Waals surface area contributed by atoms with Crippen LogP contribution in [0, 0.1) is 16.0 Å². The predicted octanol–water partition coefficient (Wildman–Crippen LogP) is 3.50. The third-order valence-corrected chi connectivity index (χ3v) is 6.32. The number of urea groups is 1. The molecule has 3 unspecified atom stereocenters. The lowest BCUT2D eigenvalue weighted by molar-refractivity contribution is -0.384. The summed E-state index contributed by atoms with van der Waals surface area (Å²) in [6, 6.07) is 13.0. The van der Waals surface area contributed by atoms with E-state index in [0.717, 1.165) is 0 Å². The van der Waals surface area contributed by atoms with Gasteiger partial charge in [0.2, 0.25) is 5.91 Å². The summed E-state index contributed by atoms with van der Waals surface area (Å²) in [5, 5.41) is 16.2. The molecule has 0 aromatic heterocycles. The van der Waals surface area contributed by atoms with Crippen LogP contribution in [-0.4, -0.2) is 64.3 Å². The van der Waals surface area contributed by atoms with Gasteiger partial charge in [0, 0.05) is 49.1 Å². The fourth-order valence-electron chi connectivity index (χ4n) is 4.06. The van der Waals surface area contributed by atoms with Crippen molar-refractivity contribution in [3.63, 3.8) is 0 Å². The number of amides is 4. The highest BCUT2D eigenvalue weighted by Gasteiger charge is 2.35. The molecule has 1 fully saturated rings. The summed E-state index contributed by atoms with van der Waals surface area (Å²) in [5.41, 5.74) is 0.911. The van der Waals surface area contributed by atoms with Gasteiger partial charge < -0.3 is 20.4 Å². The molecule has 35 heavy (non-hydrogen) atoms. The number of benzene rings is 2. The van der Waals surface area contributed by atoms with Crippen molar-refractivity contribution >= 4 is 29.2 Å². The standard InChI is InChI=1S/C25H31N5O5/c1-4-17(2)22(27-25(33)26-20-10-12-21(13-11-20)30(34)35)24(32)28-14-15-29(18(3)16-28)23(31)19-8-6-5-7-9-19/h5-13,17-18,22H,4,14-16H2,1-3H3,(H2,26,27,33). The van der Waals surface area contributed by atoms with Crippen molar-refractivity contribution in [3.05, 3.63) is 70.3 Å². The van der Waals surface area contributed by atoms with Crippen molar-refractivity contribution in [1.82, 2.24) is 15.1 Å². The Morgan fingerprint density at radius 3 is 2.31 bits per heavy atom. The predicted molar refractivity (Wildman–Crippen MR) is 132 cm³/mol. The van der Waals surface area contributed by atoms with E-state index in [4.69, 9.17) is 0 Å². The summed E-state index contributed by atoms with van der Waals surface area (Å²) in [7, 11) is 0. The fourth-order valence-corrected chi connectivity index (χ4v) is 4.06. The van der Waals surface area contributed by atoms with Gasteiger partial charge in [-0.2, -0.15) is 0 Å². The van der Waals surface area contributed by atoms with Crippen molar-refractivity contribution in [2.75, 3.05) is 25.0 Å². The lowest BCUT2D eigenvalue weighted by Gasteiger charge is -2.41. The lowest BCUT2D eigenvalue weighted by Crippen LogP contribution is -2.60. The van der Waals surface area contributed by atoms with Crippen LogP contribution in [0.1, 0.15) is 37.6 Å². The molecule has 1 aliphatic rings. The van der Waals surface area contributed by atoms with Gasteiger partial charge >= 0.3 is 6.03 Å². The van der Waals surface area contributed by atoms with Crippen LogP contribution in [0.2, 0.25) is 0 Å². The normalized spacial score (nSPS) is 17.3. The maximum Gasteiger partial charge on any atom is 0.319 e. The second-order valence-electron chi connectivity index (χ2n) is 8.76. The molecule has 2 aromatic rings. The molecular formula is C25H31N5O5. The number of non-ortho nitro benzene ring substituents is 1. The Morgan fingerprint density at radius 1 is 1.09 bits per heavy atom. The van der Waals surface area contributed by atoms with Gasteiger partial charge in [-0.25, -0.2) is 4.79 Å². The molecular weight excluding hydrogens is 450 g/mol. The topological polar surface area (TPSA) is 125 Å². The average Bonchev–Trinajstić information content (AvgIpc) is 2.86. The van der Waals surface area contributed by atoms with E-state index in [1.807, 2.05) is 39.0 Å². The minimum atomic E-state index is -0.748. The van der Waals surface area contributed by atoms with E-state index in [2.05, 4.69) is 10.6 Å². The van der Waals surface area contributed by atoms with Gasteiger partial charge in [-0.05, 0) is 37.1 Å². The Balaban J connectivity index is 1.63. The summed E-state index contributed by atoms with van der Waals surface area (Å²) >= 11 is 0. The number of piperazine rings is 1. The zero-order valence-corrected chi connectivity index (χ0v) is 20.1. The first-order valence-electron chi connectivity index (χ1n) is 11.7. The number of rotatable bonds is 7. The molecule has 10 heteroatoms. The summed E-state index contributed by atoms with van der Waals surface area (Å²) in [4.78, 5) is 52.7. The second kappa shape index (κ2) is 11.5. The van der Waals surface area contributed by atoms with E-state index in [1.54, 1.807) is 21.9 Å². The van der Waals surface area contributed by atoms with Crippen LogP contribution >= 0.6 is 0 Å². The maximum absolute atomic E-state index is 13.4. The summed E-state index contributed by atoms with van der Waals surface area (Å²) in [6.07, 6.45) is 0.677. The second-order valence-corrected chi connectivity index (χ2v) is 8.76. The lowest BCUT2D eigenvalue weighted by atomic mass is 9.97. The van der Waals surface area contributed by atoms with Gasteiger partial charge in [-0.3, -0.25) is 19.7 Å². The highest BCUT2D eigenvalue weighted by molar-refractivity contribution is 5.95. The van der Waals surface area contributed by atoms with Gasteiger partial charge in [0.25, 0.3) is 11.6 Å². The number of hydrogen-bond acceptors (Lipinski definition) is 5. The number of nitrogens with zero attached hydrogens (tertiary/aromatic N) is 3.